The molecule has 4 heteroatoms. The van der Waals surface area contributed by atoms with Crippen LogP contribution in [0.25, 0.3) is 5.57 Å². The average Bonchev–Trinajstić information content (AvgIpc) is 3.01. The van der Waals surface area contributed by atoms with Gasteiger partial charge in [-0.3, -0.25) is 0 Å². The highest BCUT2D eigenvalue weighted by Crippen LogP contribution is 2.44. The lowest BCUT2D eigenvalue weighted by atomic mass is 10.0. The molecule has 1 unspecified atom stereocenters. The van der Waals surface area contributed by atoms with Crippen LogP contribution in [0.4, 0.5) is 0 Å². The van der Waals surface area contributed by atoms with Crippen LogP contribution in [0.3, 0.4) is 0 Å². The maximum absolute atomic E-state index is 11.7. The molecule has 0 spiro atoms. The van der Waals surface area contributed by atoms with Gasteiger partial charge in [-0.2, -0.15) is 0 Å². The summed E-state index contributed by atoms with van der Waals surface area (Å²) in [4.78, 5) is 13.9. The van der Waals surface area contributed by atoms with Crippen molar-refractivity contribution in [1.29, 1.82) is 0 Å². The van der Waals surface area contributed by atoms with Crippen LogP contribution >= 0.6 is 22.7 Å². The quantitative estimate of drug-likeness (QED) is 0.768. The van der Waals surface area contributed by atoms with Crippen LogP contribution in [0.1, 0.15) is 22.8 Å². The van der Waals surface area contributed by atoms with Gasteiger partial charge in [0.15, 0.2) is 6.10 Å². The van der Waals surface area contributed by atoms with E-state index in [4.69, 9.17) is 4.74 Å². The first-order chi connectivity index (χ1) is 8.27. The van der Waals surface area contributed by atoms with Crippen LogP contribution in [0.5, 0.6) is 0 Å². The summed E-state index contributed by atoms with van der Waals surface area (Å²) < 4.78 is 5.46. The average molecular weight is 262 g/mol. The second-order valence-electron chi connectivity index (χ2n) is 3.82. The van der Waals surface area contributed by atoms with Crippen LogP contribution in [-0.4, -0.2) is 5.97 Å². The zero-order valence-corrected chi connectivity index (χ0v) is 10.8. The van der Waals surface area contributed by atoms with Crippen LogP contribution < -0.4 is 0 Å². The molecule has 0 saturated carbocycles. The molecule has 0 N–H and O–H groups in total. The molecule has 17 heavy (non-hydrogen) atoms. The molecule has 2 nitrogen and oxygen atoms in total. The van der Waals surface area contributed by atoms with E-state index >= 15 is 0 Å². The first-order valence-corrected chi connectivity index (χ1v) is 7.02. The standard InChI is InChI=1S/C13H10O2S2/c1-8-11(9-4-2-6-16-9)12(15-13(8)14)10-5-3-7-17-10/h2-7,12H,1H3. The van der Waals surface area contributed by atoms with E-state index in [-0.39, 0.29) is 12.1 Å². The second kappa shape index (κ2) is 4.13. The summed E-state index contributed by atoms with van der Waals surface area (Å²) in [6, 6.07) is 8.02. The lowest BCUT2D eigenvalue weighted by Gasteiger charge is -2.11. The van der Waals surface area contributed by atoms with Gasteiger partial charge in [0.1, 0.15) is 0 Å². The highest BCUT2D eigenvalue weighted by atomic mass is 32.1. The Morgan fingerprint density at radius 1 is 1.18 bits per heavy atom. The topological polar surface area (TPSA) is 26.3 Å². The molecule has 0 aliphatic carbocycles. The predicted octanol–water partition coefficient (Wildman–Crippen LogP) is 3.88. The normalized spacial score (nSPS) is 19.8. The van der Waals surface area contributed by atoms with Crippen molar-refractivity contribution in [2.24, 2.45) is 0 Å². The number of thiophene rings is 2. The van der Waals surface area contributed by atoms with Crippen LogP contribution in [0, 0.1) is 0 Å². The Labute approximate surface area is 107 Å². The van der Waals surface area contributed by atoms with E-state index in [1.165, 1.54) is 0 Å². The Hall–Kier alpha value is -1.39. The summed E-state index contributed by atoms with van der Waals surface area (Å²) in [5.74, 6) is -0.202. The molecule has 2 aromatic rings. The molecule has 2 aromatic heterocycles. The number of rotatable bonds is 2. The molecular formula is C13H10O2S2. The Balaban J connectivity index is 2.10. The van der Waals surface area contributed by atoms with Crippen LogP contribution in [0.15, 0.2) is 40.6 Å². The molecule has 1 atom stereocenters. The number of carbonyl (C=O) groups excluding carboxylic acids is 1. The summed E-state index contributed by atoms with van der Waals surface area (Å²) in [5.41, 5.74) is 1.75. The van der Waals surface area contributed by atoms with Crippen molar-refractivity contribution in [3.63, 3.8) is 0 Å². The first-order valence-electron chi connectivity index (χ1n) is 5.26. The van der Waals surface area contributed by atoms with E-state index in [0.717, 1.165) is 20.9 Å². The van der Waals surface area contributed by atoms with Crippen molar-refractivity contribution in [3.8, 4) is 0 Å². The predicted molar refractivity (Wildman–Crippen MR) is 70.1 cm³/mol. The Morgan fingerprint density at radius 2 is 1.94 bits per heavy atom. The second-order valence-corrected chi connectivity index (χ2v) is 5.74. The van der Waals surface area contributed by atoms with E-state index in [0.29, 0.717) is 0 Å². The fraction of sp³-hybridized carbons (Fsp3) is 0.154. The minimum atomic E-state index is -0.221. The highest BCUT2D eigenvalue weighted by molar-refractivity contribution is 7.11. The van der Waals surface area contributed by atoms with Crippen molar-refractivity contribution >= 4 is 34.2 Å². The third-order valence-corrected chi connectivity index (χ3v) is 4.60. The minimum Gasteiger partial charge on any atom is -0.448 e. The molecule has 0 bridgehead atoms. The van der Waals surface area contributed by atoms with E-state index < -0.39 is 0 Å². The largest absolute Gasteiger partial charge is 0.448 e. The van der Waals surface area contributed by atoms with Gasteiger partial charge in [0, 0.05) is 20.9 Å². The third kappa shape index (κ3) is 1.73. The Kier molecular flexibility index (Phi) is 2.61. The SMILES string of the molecule is CC1=C(c2cccs2)C(c2cccs2)OC1=O. The van der Waals surface area contributed by atoms with E-state index in [2.05, 4.69) is 0 Å². The van der Waals surface area contributed by atoms with Gasteiger partial charge in [0.25, 0.3) is 0 Å². The van der Waals surface area contributed by atoms with E-state index in [1.807, 2.05) is 41.9 Å². The van der Waals surface area contributed by atoms with Crippen LogP contribution in [0.2, 0.25) is 0 Å². The minimum absolute atomic E-state index is 0.202. The van der Waals surface area contributed by atoms with Gasteiger partial charge in [-0.05, 0) is 29.8 Å². The fourth-order valence-corrected chi connectivity index (χ4v) is 3.56. The van der Waals surface area contributed by atoms with Gasteiger partial charge in [-0.25, -0.2) is 4.79 Å². The molecule has 86 valence electrons. The van der Waals surface area contributed by atoms with Crippen molar-refractivity contribution in [2.75, 3.05) is 0 Å². The molecule has 1 aliphatic heterocycles. The summed E-state index contributed by atoms with van der Waals surface area (Å²) in [6.07, 6.45) is -0.221. The molecule has 0 fully saturated rings. The highest BCUT2D eigenvalue weighted by Gasteiger charge is 2.34. The third-order valence-electron chi connectivity index (χ3n) is 2.79. The van der Waals surface area contributed by atoms with Gasteiger partial charge >= 0.3 is 5.97 Å². The maximum atomic E-state index is 11.7. The maximum Gasteiger partial charge on any atom is 0.335 e. The number of esters is 1. The zero-order valence-electron chi connectivity index (χ0n) is 9.17. The molecular weight excluding hydrogens is 252 g/mol. The molecule has 3 heterocycles. The molecule has 0 radical (unpaired) electrons. The van der Waals surface area contributed by atoms with Gasteiger partial charge in [0.2, 0.25) is 0 Å². The Bertz CT molecular complexity index is 565. The van der Waals surface area contributed by atoms with Crippen molar-refractivity contribution in [3.05, 3.63) is 50.4 Å². The zero-order chi connectivity index (χ0) is 11.8. The van der Waals surface area contributed by atoms with Crippen molar-refractivity contribution in [1.82, 2.24) is 0 Å². The summed E-state index contributed by atoms with van der Waals surface area (Å²) in [7, 11) is 0. The number of cyclic esters (lactones) is 1. The fourth-order valence-electron chi connectivity index (χ4n) is 1.95. The summed E-state index contributed by atoms with van der Waals surface area (Å²) in [6.45, 7) is 1.84. The smallest absolute Gasteiger partial charge is 0.335 e. The number of ether oxygens (including phenoxy) is 1. The molecule has 1 aliphatic rings. The summed E-state index contributed by atoms with van der Waals surface area (Å²) in [5, 5.41) is 4.02. The molecule has 0 saturated heterocycles. The Morgan fingerprint density at radius 3 is 2.59 bits per heavy atom. The number of hydrogen-bond donors (Lipinski definition) is 0. The van der Waals surface area contributed by atoms with Gasteiger partial charge < -0.3 is 4.74 Å². The lowest BCUT2D eigenvalue weighted by Crippen LogP contribution is -2.00. The number of hydrogen-bond acceptors (Lipinski definition) is 4. The van der Waals surface area contributed by atoms with Crippen LogP contribution in [-0.2, 0) is 9.53 Å². The molecule has 0 aromatic carbocycles. The molecule has 3 rings (SSSR count). The monoisotopic (exact) mass is 262 g/mol. The van der Waals surface area contributed by atoms with Gasteiger partial charge in [-0.1, -0.05) is 12.1 Å². The van der Waals surface area contributed by atoms with E-state index in [1.54, 1.807) is 22.7 Å². The first kappa shape index (κ1) is 10.7. The lowest BCUT2D eigenvalue weighted by molar-refractivity contribution is -0.139. The van der Waals surface area contributed by atoms with Gasteiger partial charge in [0.05, 0.1) is 0 Å². The van der Waals surface area contributed by atoms with Gasteiger partial charge in [-0.15, -0.1) is 22.7 Å². The summed E-state index contributed by atoms with van der Waals surface area (Å²) >= 11 is 3.26. The van der Waals surface area contributed by atoms with Crippen molar-refractivity contribution < 1.29 is 9.53 Å². The van der Waals surface area contributed by atoms with Crippen molar-refractivity contribution in [2.45, 2.75) is 13.0 Å². The van der Waals surface area contributed by atoms with E-state index in [9.17, 15) is 4.79 Å². The number of carbonyl (C=O) groups is 1. The molecule has 0 amide bonds.